The number of rotatable bonds is 3. The van der Waals surface area contributed by atoms with Crippen LogP contribution in [0.4, 0.5) is 4.79 Å². The largest absolute Gasteiger partial charge is 0.465 e. The van der Waals surface area contributed by atoms with E-state index in [1.54, 1.807) is 24.3 Å². The normalized spacial score (nSPS) is 9.23. The monoisotopic (exact) mass is 179 g/mol. The van der Waals surface area contributed by atoms with Gasteiger partial charge in [-0.3, -0.25) is 4.79 Å². The summed E-state index contributed by atoms with van der Waals surface area (Å²) >= 11 is 0. The number of hydrogen-bond donors (Lipinski definition) is 1. The van der Waals surface area contributed by atoms with E-state index in [0.29, 0.717) is 11.3 Å². The zero-order chi connectivity index (χ0) is 9.68. The molecule has 2 amide bonds. The summed E-state index contributed by atoms with van der Waals surface area (Å²) in [6.45, 7) is 0.0969. The Labute approximate surface area is 75.4 Å². The Morgan fingerprint density at radius 2 is 2.00 bits per heavy atom. The Hall–Kier alpha value is -1.84. The summed E-state index contributed by atoms with van der Waals surface area (Å²) in [6.07, 6.45) is -0.936. The fraction of sp³-hybridized carbons (Fsp3) is 0.111. The number of benzene rings is 1. The van der Waals surface area contributed by atoms with Crippen LogP contribution in [0.1, 0.15) is 5.56 Å². The first-order valence-electron chi connectivity index (χ1n) is 3.73. The van der Waals surface area contributed by atoms with Crippen molar-refractivity contribution in [2.75, 3.05) is 0 Å². The summed E-state index contributed by atoms with van der Waals surface area (Å²) in [4.78, 5) is 21.4. The van der Waals surface area contributed by atoms with Crippen molar-refractivity contribution in [2.45, 2.75) is 6.54 Å². The first-order valence-corrected chi connectivity index (χ1v) is 3.73. The molecule has 4 nitrogen and oxygen atoms in total. The molecule has 68 valence electrons. The van der Waals surface area contributed by atoms with E-state index in [1.807, 2.05) is 6.07 Å². The van der Waals surface area contributed by atoms with Gasteiger partial charge in [-0.15, -0.1) is 0 Å². The Balaban J connectivity index is 2.67. The van der Waals surface area contributed by atoms with Gasteiger partial charge in [0, 0.05) is 0 Å². The van der Waals surface area contributed by atoms with Crippen molar-refractivity contribution in [3.8, 4) is 0 Å². The minimum atomic E-state index is -1.24. The van der Waals surface area contributed by atoms with Crippen molar-refractivity contribution in [3.05, 3.63) is 35.9 Å². The number of carboxylic acid groups (broad SMARTS) is 1. The van der Waals surface area contributed by atoms with E-state index in [9.17, 15) is 9.59 Å². The standard InChI is InChI=1S/C9H9NO3/c11-7-10(9(12)13)6-8-4-2-1-3-5-8/h1-5,7H,6H2,(H,12,13). The van der Waals surface area contributed by atoms with Gasteiger partial charge in [0.2, 0.25) is 6.41 Å². The second kappa shape index (κ2) is 4.25. The van der Waals surface area contributed by atoms with Gasteiger partial charge in [0.05, 0.1) is 6.54 Å². The van der Waals surface area contributed by atoms with Crippen LogP contribution in [0.15, 0.2) is 30.3 Å². The molecule has 0 spiro atoms. The van der Waals surface area contributed by atoms with Crippen LogP contribution in [0.2, 0.25) is 0 Å². The highest BCUT2D eigenvalue weighted by Crippen LogP contribution is 2.02. The predicted molar refractivity (Wildman–Crippen MR) is 46.1 cm³/mol. The molecule has 0 unspecified atom stereocenters. The average Bonchev–Trinajstić information content (AvgIpc) is 2.15. The van der Waals surface area contributed by atoms with Crippen LogP contribution in [-0.2, 0) is 11.3 Å². The summed E-state index contributed by atoms with van der Waals surface area (Å²) in [6, 6.07) is 8.94. The molecule has 0 fully saturated rings. The summed E-state index contributed by atoms with van der Waals surface area (Å²) in [5.74, 6) is 0. The molecule has 0 heterocycles. The molecule has 0 bridgehead atoms. The first-order chi connectivity index (χ1) is 6.24. The summed E-state index contributed by atoms with van der Waals surface area (Å²) in [5, 5.41) is 8.53. The average molecular weight is 179 g/mol. The predicted octanol–water partition coefficient (Wildman–Crippen LogP) is 1.32. The third kappa shape index (κ3) is 2.59. The lowest BCUT2D eigenvalue weighted by molar-refractivity contribution is -0.116. The summed E-state index contributed by atoms with van der Waals surface area (Å²) in [5.41, 5.74) is 0.789. The lowest BCUT2D eigenvalue weighted by atomic mass is 10.2. The van der Waals surface area contributed by atoms with Crippen LogP contribution in [0.3, 0.4) is 0 Å². The molecule has 0 aliphatic rings. The third-order valence-corrected chi connectivity index (χ3v) is 1.57. The number of amides is 2. The lowest BCUT2D eigenvalue weighted by Gasteiger charge is -2.10. The van der Waals surface area contributed by atoms with E-state index in [1.165, 1.54) is 0 Å². The molecule has 1 rings (SSSR count). The Kier molecular flexibility index (Phi) is 3.03. The van der Waals surface area contributed by atoms with Crippen molar-refractivity contribution in [1.82, 2.24) is 4.90 Å². The number of hydrogen-bond acceptors (Lipinski definition) is 2. The molecular formula is C9H9NO3. The fourth-order valence-electron chi connectivity index (χ4n) is 0.930. The van der Waals surface area contributed by atoms with Gasteiger partial charge < -0.3 is 5.11 Å². The van der Waals surface area contributed by atoms with Gasteiger partial charge in [0.25, 0.3) is 0 Å². The van der Waals surface area contributed by atoms with E-state index in [0.717, 1.165) is 5.56 Å². The van der Waals surface area contributed by atoms with Crippen molar-refractivity contribution < 1.29 is 14.7 Å². The molecule has 0 aliphatic heterocycles. The molecule has 1 aromatic rings. The van der Waals surface area contributed by atoms with Gasteiger partial charge in [0.15, 0.2) is 0 Å². The highest BCUT2D eigenvalue weighted by molar-refractivity contribution is 5.78. The molecule has 0 aliphatic carbocycles. The van der Waals surface area contributed by atoms with Crippen LogP contribution in [0.25, 0.3) is 0 Å². The van der Waals surface area contributed by atoms with Gasteiger partial charge >= 0.3 is 6.09 Å². The van der Waals surface area contributed by atoms with Crippen molar-refractivity contribution >= 4 is 12.5 Å². The number of carbonyl (C=O) groups is 2. The number of imide groups is 1. The highest BCUT2D eigenvalue weighted by Gasteiger charge is 2.09. The van der Waals surface area contributed by atoms with E-state index >= 15 is 0 Å². The molecule has 0 radical (unpaired) electrons. The Morgan fingerprint density at radius 1 is 1.38 bits per heavy atom. The summed E-state index contributed by atoms with van der Waals surface area (Å²) in [7, 11) is 0. The van der Waals surface area contributed by atoms with Crippen LogP contribution in [0.5, 0.6) is 0 Å². The van der Waals surface area contributed by atoms with Crippen molar-refractivity contribution in [1.29, 1.82) is 0 Å². The van der Waals surface area contributed by atoms with Crippen LogP contribution in [0, 0.1) is 0 Å². The summed E-state index contributed by atoms with van der Waals surface area (Å²) < 4.78 is 0. The molecule has 0 aromatic heterocycles. The minimum absolute atomic E-state index is 0.0969. The Bertz CT molecular complexity index is 297. The first kappa shape index (κ1) is 9.25. The zero-order valence-corrected chi connectivity index (χ0v) is 6.88. The van der Waals surface area contributed by atoms with Gasteiger partial charge in [-0.25, -0.2) is 9.69 Å². The van der Waals surface area contributed by atoms with Crippen LogP contribution in [-0.4, -0.2) is 22.5 Å². The van der Waals surface area contributed by atoms with Gasteiger partial charge in [-0.1, -0.05) is 30.3 Å². The molecule has 4 heteroatoms. The van der Waals surface area contributed by atoms with E-state index in [4.69, 9.17) is 5.11 Å². The van der Waals surface area contributed by atoms with Crippen molar-refractivity contribution in [2.24, 2.45) is 0 Å². The molecule has 1 aromatic carbocycles. The maximum Gasteiger partial charge on any atom is 0.414 e. The topological polar surface area (TPSA) is 57.6 Å². The highest BCUT2D eigenvalue weighted by atomic mass is 16.4. The molecule has 13 heavy (non-hydrogen) atoms. The van der Waals surface area contributed by atoms with Gasteiger partial charge in [-0.2, -0.15) is 0 Å². The Morgan fingerprint density at radius 3 is 2.46 bits per heavy atom. The zero-order valence-electron chi connectivity index (χ0n) is 6.88. The van der Waals surface area contributed by atoms with Crippen LogP contribution < -0.4 is 0 Å². The third-order valence-electron chi connectivity index (χ3n) is 1.57. The fourth-order valence-corrected chi connectivity index (χ4v) is 0.930. The second-order valence-corrected chi connectivity index (χ2v) is 2.50. The quantitative estimate of drug-likeness (QED) is 0.712. The SMILES string of the molecule is O=CN(Cc1ccccc1)C(=O)O. The molecule has 1 N–H and O–H groups in total. The molecule has 0 saturated carbocycles. The minimum Gasteiger partial charge on any atom is -0.465 e. The lowest BCUT2D eigenvalue weighted by Crippen LogP contribution is -2.27. The van der Waals surface area contributed by atoms with Crippen molar-refractivity contribution in [3.63, 3.8) is 0 Å². The second-order valence-electron chi connectivity index (χ2n) is 2.50. The number of carbonyl (C=O) groups excluding carboxylic acids is 1. The van der Waals surface area contributed by atoms with Crippen LogP contribution >= 0.6 is 0 Å². The van der Waals surface area contributed by atoms with Gasteiger partial charge in [0.1, 0.15) is 0 Å². The molecular weight excluding hydrogens is 170 g/mol. The maximum atomic E-state index is 10.4. The van der Waals surface area contributed by atoms with Gasteiger partial charge in [-0.05, 0) is 5.56 Å². The van der Waals surface area contributed by atoms with E-state index in [2.05, 4.69) is 0 Å². The van der Waals surface area contributed by atoms with E-state index < -0.39 is 6.09 Å². The number of nitrogens with zero attached hydrogens (tertiary/aromatic N) is 1. The smallest absolute Gasteiger partial charge is 0.414 e. The van der Waals surface area contributed by atoms with E-state index in [-0.39, 0.29) is 6.54 Å². The maximum absolute atomic E-state index is 10.4. The molecule has 0 saturated heterocycles. The molecule has 0 atom stereocenters.